The normalized spacial score (nSPS) is 13.6. The second kappa shape index (κ2) is 6.29. The number of aryl methyl sites for hydroxylation is 1. The maximum atomic E-state index is 13.3. The van der Waals surface area contributed by atoms with Gasteiger partial charge in [-0.3, -0.25) is 0 Å². The molecule has 1 aromatic rings. The van der Waals surface area contributed by atoms with Gasteiger partial charge in [0.25, 0.3) is 0 Å². The predicted octanol–water partition coefficient (Wildman–Crippen LogP) is 2.38. The number of aliphatic hydroxyl groups is 1. The van der Waals surface area contributed by atoms with E-state index in [1.54, 1.807) is 26.0 Å². The Morgan fingerprint density at radius 2 is 2.06 bits per heavy atom. The van der Waals surface area contributed by atoms with Crippen molar-refractivity contribution in [3.63, 3.8) is 0 Å². The first kappa shape index (κ1) is 15.1. The molecule has 18 heavy (non-hydrogen) atoms. The third-order valence-corrected chi connectivity index (χ3v) is 4.74. The second-order valence-corrected chi connectivity index (χ2v) is 6.88. The molecule has 1 aromatic carbocycles. The van der Waals surface area contributed by atoms with Gasteiger partial charge in [-0.25, -0.2) is 12.8 Å². The van der Waals surface area contributed by atoms with E-state index in [2.05, 4.69) is 0 Å². The molecule has 0 saturated heterocycles. The summed E-state index contributed by atoms with van der Waals surface area (Å²) in [4.78, 5) is 0. The lowest BCUT2D eigenvalue weighted by atomic mass is 10.0. The SMILES string of the molecule is CCS(=O)(=O)CCCC(O)c1ccc(C)c(F)c1. The van der Waals surface area contributed by atoms with Gasteiger partial charge in [0.05, 0.1) is 11.9 Å². The van der Waals surface area contributed by atoms with Gasteiger partial charge in [0.2, 0.25) is 0 Å². The number of aliphatic hydroxyl groups excluding tert-OH is 1. The van der Waals surface area contributed by atoms with Crippen LogP contribution in [-0.2, 0) is 9.84 Å². The lowest BCUT2D eigenvalue weighted by molar-refractivity contribution is 0.166. The van der Waals surface area contributed by atoms with E-state index in [0.29, 0.717) is 24.0 Å². The average molecular weight is 274 g/mol. The Morgan fingerprint density at radius 3 is 2.61 bits per heavy atom. The van der Waals surface area contributed by atoms with Crippen LogP contribution in [-0.4, -0.2) is 25.0 Å². The van der Waals surface area contributed by atoms with Crippen LogP contribution < -0.4 is 0 Å². The summed E-state index contributed by atoms with van der Waals surface area (Å²) in [7, 11) is -3.00. The average Bonchev–Trinajstić information content (AvgIpc) is 2.32. The fourth-order valence-electron chi connectivity index (χ4n) is 1.62. The minimum Gasteiger partial charge on any atom is -0.388 e. The fraction of sp³-hybridized carbons (Fsp3) is 0.538. The lowest BCUT2D eigenvalue weighted by Crippen LogP contribution is -2.10. The first-order valence-electron chi connectivity index (χ1n) is 6.00. The molecule has 102 valence electrons. The van der Waals surface area contributed by atoms with Gasteiger partial charge >= 0.3 is 0 Å². The third kappa shape index (κ3) is 4.38. The van der Waals surface area contributed by atoms with Gasteiger partial charge in [0.15, 0.2) is 0 Å². The molecule has 1 N–H and O–H groups in total. The second-order valence-electron chi connectivity index (χ2n) is 4.40. The molecule has 0 fully saturated rings. The zero-order valence-corrected chi connectivity index (χ0v) is 11.5. The monoisotopic (exact) mass is 274 g/mol. The lowest BCUT2D eigenvalue weighted by Gasteiger charge is -2.11. The summed E-state index contributed by atoms with van der Waals surface area (Å²) >= 11 is 0. The fourth-order valence-corrected chi connectivity index (χ4v) is 2.52. The first-order chi connectivity index (χ1) is 8.35. The van der Waals surface area contributed by atoms with Gasteiger partial charge in [-0.2, -0.15) is 0 Å². The van der Waals surface area contributed by atoms with Crippen molar-refractivity contribution in [2.45, 2.75) is 32.8 Å². The van der Waals surface area contributed by atoms with Gasteiger partial charge < -0.3 is 5.11 Å². The maximum Gasteiger partial charge on any atom is 0.150 e. The highest BCUT2D eigenvalue weighted by atomic mass is 32.2. The molecule has 0 amide bonds. The molecule has 5 heteroatoms. The third-order valence-electron chi connectivity index (χ3n) is 2.95. The molecular formula is C13H19FO3S. The van der Waals surface area contributed by atoms with E-state index >= 15 is 0 Å². The van der Waals surface area contributed by atoms with Gasteiger partial charge in [0.1, 0.15) is 15.7 Å². The molecule has 0 aliphatic carbocycles. The van der Waals surface area contributed by atoms with Crippen LogP contribution in [0.15, 0.2) is 18.2 Å². The number of sulfone groups is 1. The number of rotatable bonds is 6. The predicted molar refractivity (Wildman–Crippen MR) is 69.7 cm³/mol. The van der Waals surface area contributed by atoms with Crippen LogP contribution in [0, 0.1) is 12.7 Å². The highest BCUT2D eigenvalue weighted by Crippen LogP contribution is 2.20. The Kier molecular flexibility index (Phi) is 5.28. The molecule has 0 aromatic heterocycles. The molecule has 0 heterocycles. The summed E-state index contributed by atoms with van der Waals surface area (Å²) in [5.41, 5.74) is 1.02. The smallest absolute Gasteiger partial charge is 0.150 e. The van der Waals surface area contributed by atoms with Crippen LogP contribution >= 0.6 is 0 Å². The van der Waals surface area contributed by atoms with Crippen molar-refractivity contribution in [1.29, 1.82) is 0 Å². The number of halogens is 1. The Balaban J connectivity index is 2.55. The summed E-state index contributed by atoms with van der Waals surface area (Å²) in [6.45, 7) is 3.25. The van der Waals surface area contributed by atoms with Crippen LogP contribution in [0.4, 0.5) is 4.39 Å². The number of hydrogen-bond donors (Lipinski definition) is 1. The molecule has 1 unspecified atom stereocenters. The molecule has 0 bridgehead atoms. The Morgan fingerprint density at radius 1 is 1.39 bits per heavy atom. The van der Waals surface area contributed by atoms with Crippen molar-refractivity contribution in [2.75, 3.05) is 11.5 Å². The van der Waals surface area contributed by atoms with Gasteiger partial charge in [-0.1, -0.05) is 19.1 Å². The van der Waals surface area contributed by atoms with Crippen molar-refractivity contribution in [2.24, 2.45) is 0 Å². The van der Waals surface area contributed by atoms with Crippen molar-refractivity contribution in [3.8, 4) is 0 Å². The molecule has 3 nitrogen and oxygen atoms in total. The first-order valence-corrected chi connectivity index (χ1v) is 7.82. The molecule has 0 radical (unpaired) electrons. The quantitative estimate of drug-likeness (QED) is 0.866. The molecule has 0 aliphatic heterocycles. The minimum atomic E-state index is -3.00. The zero-order valence-electron chi connectivity index (χ0n) is 10.7. The topological polar surface area (TPSA) is 54.4 Å². The van der Waals surface area contributed by atoms with Crippen LogP contribution in [0.5, 0.6) is 0 Å². The van der Waals surface area contributed by atoms with Crippen LogP contribution in [0.3, 0.4) is 0 Å². The van der Waals surface area contributed by atoms with Crippen molar-refractivity contribution >= 4 is 9.84 Å². The van der Waals surface area contributed by atoms with E-state index in [4.69, 9.17) is 0 Å². The van der Waals surface area contributed by atoms with Gasteiger partial charge in [-0.05, 0) is 37.0 Å². The van der Waals surface area contributed by atoms with E-state index < -0.39 is 15.9 Å². The van der Waals surface area contributed by atoms with Gasteiger partial charge in [-0.15, -0.1) is 0 Å². The molecule has 1 rings (SSSR count). The summed E-state index contributed by atoms with van der Waals surface area (Å²) < 4.78 is 35.8. The van der Waals surface area contributed by atoms with Gasteiger partial charge in [0, 0.05) is 5.75 Å². The van der Waals surface area contributed by atoms with E-state index in [1.807, 2.05) is 0 Å². The van der Waals surface area contributed by atoms with E-state index in [0.717, 1.165) is 0 Å². The summed E-state index contributed by atoms with van der Waals surface area (Å²) in [6, 6.07) is 4.57. The molecule has 0 spiro atoms. The molecule has 0 aliphatic rings. The number of benzene rings is 1. The minimum absolute atomic E-state index is 0.0644. The Labute approximate surface area is 108 Å². The van der Waals surface area contributed by atoms with E-state index in [1.165, 1.54) is 6.07 Å². The maximum absolute atomic E-state index is 13.3. The molecule has 0 saturated carbocycles. The standard InChI is InChI=1S/C13H19FO3S/c1-3-18(16,17)8-4-5-13(15)11-7-6-10(2)12(14)9-11/h6-7,9,13,15H,3-5,8H2,1-2H3. The number of hydrogen-bond acceptors (Lipinski definition) is 3. The summed E-state index contributed by atoms with van der Waals surface area (Å²) in [5.74, 6) is -0.176. The summed E-state index contributed by atoms with van der Waals surface area (Å²) in [6.07, 6.45) is -0.110. The highest BCUT2D eigenvalue weighted by Gasteiger charge is 2.12. The van der Waals surface area contributed by atoms with Crippen molar-refractivity contribution in [3.05, 3.63) is 35.1 Å². The van der Waals surface area contributed by atoms with E-state index in [-0.39, 0.29) is 17.3 Å². The molecular weight excluding hydrogens is 255 g/mol. The van der Waals surface area contributed by atoms with Crippen LogP contribution in [0.25, 0.3) is 0 Å². The van der Waals surface area contributed by atoms with E-state index in [9.17, 15) is 17.9 Å². The van der Waals surface area contributed by atoms with Crippen LogP contribution in [0.1, 0.15) is 37.0 Å². The van der Waals surface area contributed by atoms with Crippen molar-refractivity contribution in [1.82, 2.24) is 0 Å². The Hall–Kier alpha value is -0.940. The largest absolute Gasteiger partial charge is 0.388 e. The Bertz CT molecular complexity index is 497. The summed E-state index contributed by atoms with van der Waals surface area (Å²) in [5, 5.41) is 9.84. The van der Waals surface area contributed by atoms with Crippen LogP contribution in [0.2, 0.25) is 0 Å². The zero-order chi connectivity index (χ0) is 13.8. The highest BCUT2D eigenvalue weighted by molar-refractivity contribution is 7.91. The van der Waals surface area contributed by atoms with Crippen molar-refractivity contribution < 1.29 is 17.9 Å². The molecule has 1 atom stereocenters.